The summed E-state index contributed by atoms with van der Waals surface area (Å²) in [6.45, 7) is 3.86. The van der Waals surface area contributed by atoms with E-state index in [9.17, 15) is 4.79 Å². The summed E-state index contributed by atoms with van der Waals surface area (Å²) in [5, 5.41) is 8.43. The maximum atomic E-state index is 12.8. The predicted molar refractivity (Wildman–Crippen MR) is 139 cm³/mol. The molecule has 9 nitrogen and oxygen atoms in total. The molecule has 2 aromatic carbocycles. The van der Waals surface area contributed by atoms with Crippen LogP contribution in [0.3, 0.4) is 0 Å². The molecule has 1 amide bonds. The second-order valence-electron chi connectivity index (χ2n) is 8.02. The molecular formula is C27H28N4O5. The Morgan fingerprint density at radius 3 is 2.25 bits per heavy atom. The van der Waals surface area contributed by atoms with Gasteiger partial charge in [-0.15, -0.1) is 0 Å². The van der Waals surface area contributed by atoms with Gasteiger partial charge in [-0.1, -0.05) is 12.1 Å². The molecular weight excluding hydrogens is 460 g/mol. The molecule has 0 saturated carbocycles. The average Bonchev–Trinajstić information content (AvgIpc) is 3.25. The van der Waals surface area contributed by atoms with Crippen LogP contribution in [-0.4, -0.2) is 49.1 Å². The molecule has 4 rings (SSSR count). The number of nitrogens with one attached hydrogen (secondary N) is 1. The normalized spacial score (nSPS) is 11.1. The molecule has 0 radical (unpaired) electrons. The fraction of sp³-hybridized carbons (Fsp3) is 0.222. The third kappa shape index (κ3) is 4.81. The molecule has 186 valence electrons. The van der Waals surface area contributed by atoms with Gasteiger partial charge >= 0.3 is 0 Å². The van der Waals surface area contributed by atoms with Gasteiger partial charge < -0.3 is 24.3 Å². The Balaban J connectivity index is 1.64. The minimum atomic E-state index is -0.333. The molecule has 0 saturated heterocycles. The highest BCUT2D eigenvalue weighted by molar-refractivity contribution is 6.01. The number of para-hydroxylation sites is 1. The standard InChI is InChI=1S/C27H28N4O5/c1-16-12-23(29-26-19(16)8-7-9-20(26)33-3)31-24(13-17(2)30-31)28-25(32)11-10-18-14-21(34-4)27(36-6)22(15-18)35-5/h7-15H,1-6H3,(H,28,32)/b11-10+. The lowest BCUT2D eigenvalue weighted by atomic mass is 10.1. The molecule has 0 atom stereocenters. The number of anilines is 1. The highest BCUT2D eigenvalue weighted by Gasteiger charge is 2.15. The van der Waals surface area contributed by atoms with Crippen molar-refractivity contribution in [1.82, 2.24) is 14.8 Å². The molecule has 0 aliphatic carbocycles. The van der Waals surface area contributed by atoms with Crippen molar-refractivity contribution in [1.29, 1.82) is 0 Å². The zero-order valence-corrected chi connectivity index (χ0v) is 21.1. The predicted octanol–water partition coefficient (Wildman–Crippen LogP) is 4.72. The van der Waals surface area contributed by atoms with Crippen molar-refractivity contribution in [2.24, 2.45) is 0 Å². The lowest BCUT2D eigenvalue weighted by molar-refractivity contribution is -0.111. The molecule has 0 aliphatic heterocycles. The Kier molecular flexibility index (Phi) is 7.10. The second-order valence-corrected chi connectivity index (χ2v) is 8.02. The molecule has 1 N–H and O–H groups in total. The van der Waals surface area contributed by atoms with Crippen molar-refractivity contribution in [3.05, 3.63) is 65.4 Å². The number of methoxy groups -OCH3 is 4. The van der Waals surface area contributed by atoms with Gasteiger partial charge in [-0.25, -0.2) is 4.98 Å². The summed E-state index contributed by atoms with van der Waals surface area (Å²) in [4.78, 5) is 17.6. The zero-order valence-electron chi connectivity index (χ0n) is 21.1. The van der Waals surface area contributed by atoms with Gasteiger partial charge in [-0.3, -0.25) is 4.79 Å². The molecule has 0 spiro atoms. The van der Waals surface area contributed by atoms with E-state index in [4.69, 9.17) is 23.9 Å². The van der Waals surface area contributed by atoms with E-state index < -0.39 is 0 Å². The third-order valence-corrected chi connectivity index (χ3v) is 5.63. The van der Waals surface area contributed by atoms with E-state index >= 15 is 0 Å². The molecule has 0 fully saturated rings. The highest BCUT2D eigenvalue weighted by Crippen LogP contribution is 2.38. The first-order valence-corrected chi connectivity index (χ1v) is 11.2. The summed E-state index contributed by atoms with van der Waals surface area (Å²) in [5.41, 5.74) is 3.19. The topological polar surface area (TPSA) is 96.7 Å². The number of nitrogens with zero attached hydrogens (tertiary/aromatic N) is 3. The summed E-state index contributed by atoms with van der Waals surface area (Å²) in [6.07, 6.45) is 3.09. The summed E-state index contributed by atoms with van der Waals surface area (Å²) >= 11 is 0. The van der Waals surface area contributed by atoms with Crippen LogP contribution in [0.4, 0.5) is 5.82 Å². The molecule has 0 bridgehead atoms. The Bertz CT molecular complexity index is 1430. The molecule has 0 aliphatic rings. The van der Waals surface area contributed by atoms with Gasteiger partial charge in [0.05, 0.1) is 34.1 Å². The molecule has 4 aromatic rings. The molecule has 2 heterocycles. The number of carbonyl (C=O) groups is 1. The summed E-state index contributed by atoms with van der Waals surface area (Å²) < 4.78 is 23.2. The van der Waals surface area contributed by atoms with Crippen molar-refractivity contribution >= 4 is 28.7 Å². The number of hydrogen-bond acceptors (Lipinski definition) is 7. The van der Waals surface area contributed by atoms with Crippen LogP contribution >= 0.6 is 0 Å². The van der Waals surface area contributed by atoms with Gasteiger partial charge in [-0.2, -0.15) is 9.78 Å². The summed E-state index contributed by atoms with van der Waals surface area (Å²) in [7, 11) is 6.23. The van der Waals surface area contributed by atoms with Crippen LogP contribution in [0.2, 0.25) is 0 Å². The Morgan fingerprint density at radius 2 is 1.61 bits per heavy atom. The van der Waals surface area contributed by atoms with E-state index in [1.807, 2.05) is 38.1 Å². The van der Waals surface area contributed by atoms with E-state index in [0.29, 0.717) is 40.2 Å². The summed E-state index contributed by atoms with van der Waals surface area (Å²) in [5.74, 6) is 2.88. The average molecular weight is 489 g/mol. The number of fused-ring (bicyclic) bond motifs is 1. The van der Waals surface area contributed by atoms with E-state index in [1.165, 1.54) is 13.2 Å². The van der Waals surface area contributed by atoms with Gasteiger partial charge in [0.2, 0.25) is 11.7 Å². The van der Waals surface area contributed by atoms with Crippen LogP contribution in [-0.2, 0) is 4.79 Å². The second kappa shape index (κ2) is 10.4. The van der Waals surface area contributed by atoms with Crippen molar-refractivity contribution < 1.29 is 23.7 Å². The number of pyridine rings is 1. The van der Waals surface area contributed by atoms with E-state index in [1.54, 1.807) is 50.3 Å². The molecule has 0 unspecified atom stereocenters. The number of carbonyl (C=O) groups excluding carboxylic acids is 1. The fourth-order valence-electron chi connectivity index (χ4n) is 3.95. The lowest BCUT2D eigenvalue weighted by Gasteiger charge is -2.13. The van der Waals surface area contributed by atoms with Gasteiger partial charge in [0.15, 0.2) is 17.3 Å². The molecule has 9 heteroatoms. The smallest absolute Gasteiger partial charge is 0.249 e. The van der Waals surface area contributed by atoms with Crippen LogP contribution in [0.25, 0.3) is 22.8 Å². The number of aryl methyl sites for hydroxylation is 2. The van der Waals surface area contributed by atoms with Crippen LogP contribution < -0.4 is 24.3 Å². The first kappa shape index (κ1) is 24.6. The van der Waals surface area contributed by atoms with Crippen molar-refractivity contribution in [2.45, 2.75) is 13.8 Å². The number of ether oxygens (including phenoxy) is 4. The number of amides is 1. The SMILES string of the molecule is COc1cc(/C=C/C(=O)Nc2cc(C)nn2-c2cc(C)c3cccc(OC)c3n2)cc(OC)c1OC. The van der Waals surface area contributed by atoms with Crippen molar-refractivity contribution in [2.75, 3.05) is 33.8 Å². The zero-order chi connectivity index (χ0) is 25.8. The van der Waals surface area contributed by atoms with Crippen molar-refractivity contribution in [3.8, 4) is 28.8 Å². The number of aromatic nitrogens is 3. The minimum absolute atomic E-state index is 0.333. The third-order valence-electron chi connectivity index (χ3n) is 5.63. The minimum Gasteiger partial charge on any atom is -0.494 e. The van der Waals surface area contributed by atoms with E-state index in [2.05, 4.69) is 10.4 Å². The first-order chi connectivity index (χ1) is 17.4. The largest absolute Gasteiger partial charge is 0.494 e. The van der Waals surface area contributed by atoms with Gasteiger partial charge in [0.1, 0.15) is 17.1 Å². The van der Waals surface area contributed by atoms with Gasteiger partial charge in [0, 0.05) is 17.5 Å². The number of hydrogen-bond donors (Lipinski definition) is 1. The number of rotatable bonds is 8. The van der Waals surface area contributed by atoms with E-state index in [-0.39, 0.29) is 5.91 Å². The Hall–Kier alpha value is -4.53. The maximum Gasteiger partial charge on any atom is 0.249 e. The van der Waals surface area contributed by atoms with Crippen LogP contribution in [0.1, 0.15) is 16.8 Å². The summed E-state index contributed by atoms with van der Waals surface area (Å²) in [6, 6.07) is 13.0. The van der Waals surface area contributed by atoms with Crippen molar-refractivity contribution in [3.63, 3.8) is 0 Å². The van der Waals surface area contributed by atoms with Crippen LogP contribution in [0.5, 0.6) is 23.0 Å². The molecule has 36 heavy (non-hydrogen) atoms. The molecule has 2 aromatic heterocycles. The maximum absolute atomic E-state index is 12.8. The Morgan fingerprint density at radius 1 is 0.917 bits per heavy atom. The van der Waals surface area contributed by atoms with Gasteiger partial charge in [-0.05, 0) is 55.3 Å². The monoisotopic (exact) mass is 488 g/mol. The lowest BCUT2D eigenvalue weighted by Crippen LogP contribution is -2.13. The van der Waals surface area contributed by atoms with Crippen LogP contribution in [0.15, 0.2) is 48.5 Å². The highest BCUT2D eigenvalue weighted by atomic mass is 16.5. The van der Waals surface area contributed by atoms with Gasteiger partial charge in [0.25, 0.3) is 0 Å². The number of benzene rings is 2. The van der Waals surface area contributed by atoms with E-state index in [0.717, 1.165) is 22.2 Å². The fourth-order valence-corrected chi connectivity index (χ4v) is 3.95. The first-order valence-electron chi connectivity index (χ1n) is 11.2. The quantitative estimate of drug-likeness (QED) is 0.358. The van der Waals surface area contributed by atoms with Crippen LogP contribution in [0, 0.1) is 13.8 Å². The Labute approximate surface area is 209 Å².